The van der Waals surface area contributed by atoms with E-state index in [9.17, 15) is 18.0 Å². The molecule has 154 valence electrons. The van der Waals surface area contributed by atoms with Crippen molar-refractivity contribution in [1.29, 1.82) is 0 Å². The summed E-state index contributed by atoms with van der Waals surface area (Å²) >= 11 is 0. The lowest BCUT2D eigenvalue weighted by atomic mass is 10.00. The predicted octanol–water partition coefficient (Wildman–Crippen LogP) is 3.20. The van der Waals surface area contributed by atoms with Crippen LogP contribution in [0.1, 0.15) is 16.7 Å². The van der Waals surface area contributed by atoms with E-state index >= 15 is 0 Å². The van der Waals surface area contributed by atoms with E-state index in [4.69, 9.17) is 4.42 Å². The molecule has 2 aromatic heterocycles. The Labute approximate surface area is 171 Å². The van der Waals surface area contributed by atoms with Crippen molar-refractivity contribution in [2.45, 2.75) is 25.7 Å². The van der Waals surface area contributed by atoms with Gasteiger partial charge in [0, 0.05) is 11.3 Å². The molecule has 0 amide bonds. The quantitative estimate of drug-likeness (QED) is 0.433. The Morgan fingerprint density at radius 2 is 1.47 bits per heavy atom. The maximum absolute atomic E-state index is 13.1. The summed E-state index contributed by atoms with van der Waals surface area (Å²) in [7, 11) is -3.95. The number of fused-ring (bicyclic) bond motifs is 1. The second-order valence-corrected chi connectivity index (χ2v) is 8.79. The molecular weight excluding hydrogens is 406 g/mol. The van der Waals surface area contributed by atoms with Gasteiger partial charge in [-0.2, -0.15) is 0 Å². The molecule has 0 fully saturated rings. The molecule has 0 saturated carbocycles. The molecule has 2 heterocycles. The first-order chi connectivity index (χ1) is 14.2. The lowest BCUT2D eigenvalue weighted by molar-refractivity contribution is 0.581. The van der Waals surface area contributed by atoms with Gasteiger partial charge >= 0.3 is 11.1 Å². The van der Waals surface area contributed by atoms with E-state index in [1.54, 1.807) is 31.4 Å². The van der Waals surface area contributed by atoms with Gasteiger partial charge in [0.1, 0.15) is 5.76 Å². The van der Waals surface area contributed by atoms with Gasteiger partial charge in [-0.25, -0.2) is 8.42 Å². The average Bonchev–Trinajstić information content (AvgIpc) is 3.15. The molecule has 0 aliphatic carbocycles. The van der Waals surface area contributed by atoms with Crippen LogP contribution in [0, 0.1) is 20.8 Å². The number of aromatic amines is 2. The minimum Gasteiger partial charge on any atom is -0.464 e. The largest absolute Gasteiger partial charge is 0.464 e. The fourth-order valence-corrected chi connectivity index (χ4v) is 4.88. The van der Waals surface area contributed by atoms with Crippen molar-refractivity contribution in [3.8, 4) is 11.3 Å². The van der Waals surface area contributed by atoms with Crippen LogP contribution in [0.15, 0.2) is 61.6 Å². The molecule has 4 rings (SSSR count). The molecule has 0 unspecified atom stereocenters. The summed E-state index contributed by atoms with van der Waals surface area (Å²) in [4.78, 5) is 28.0. The highest BCUT2D eigenvalue weighted by molar-refractivity contribution is 7.92. The number of nitrogens with one attached hydrogen (secondary N) is 3. The molecule has 2 aromatic carbocycles. The summed E-state index contributed by atoms with van der Waals surface area (Å²) in [6, 6.07) is 9.96. The maximum atomic E-state index is 13.1. The van der Waals surface area contributed by atoms with E-state index in [0.29, 0.717) is 22.5 Å². The lowest BCUT2D eigenvalue weighted by Crippen LogP contribution is -2.29. The minimum absolute atomic E-state index is 0.00289. The second kappa shape index (κ2) is 7.03. The zero-order chi connectivity index (χ0) is 21.6. The molecule has 0 radical (unpaired) electrons. The third-order valence-electron chi connectivity index (χ3n) is 4.86. The number of sulfonamides is 1. The summed E-state index contributed by atoms with van der Waals surface area (Å²) in [6.07, 6.45) is 1.59. The fourth-order valence-electron chi connectivity index (χ4n) is 3.58. The topological polar surface area (TPSA) is 125 Å². The number of benzene rings is 2. The van der Waals surface area contributed by atoms with Crippen LogP contribution in [0.5, 0.6) is 0 Å². The summed E-state index contributed by atoms with van der Waals surface area (Å²) in [5.74, 6) is 0.711. The van der Waals surface area contributed by atoms with Crippen molar-refractivity contribution in [2.75, 3.05) is 4.72 Å². The van der Waals surface area contributed by atoms with E-state index in [0.717, 1.165) is 16.7 Å². The van der Waals surface area contributed by atoms with Crippen molar-refractivity contribution in [3.63, 3.8) is 0 Å². The van der Waals surface area contributed by atoms with Gasteiger partial charge in [0.2, 0.25) is 0 Å². The molecule has 30 heavy (non-hydrogen) atoms. The third kappa shape index (κ3) is 3.43. The predicted molar refractivity (Wildman–Crippen MR) is 114 cm³/mol. The van der Waals surface area contributed by atoms with Crippen molar-refractivity contribution in [2.24, 2.45) is 0 Å². The van der Waals surface area contributed by atoms with Gasteiger partial charge in [0.15, 0.2) is 0 Å². The van der Waals surface area contributed by atoms with E-state index in [-0.39, 0.29) is 10.4 Å². The summed E-state index contributed by atoms with van der Waals surface area (Å²) in [6.45, 7) is 5.38. The van der Waals surface area contributed by atoms with Crippen LogP contribution in [-0.4, -0.2) is 18.4 Å². The summed E-state index contributed by atoms with van der Waals surface area (Å²) in [5.41, 5.74) is 2.41. The number of hydrogen-bond acceptors (Lipinski definition) is 5. The Kier molecular flexibility index (Phi) is 4.62. The average molecular weight is 425 g/mol. The molecule has 4 aromatic rings. The van der Waals surface area contributed by atoms with Crippen LogP contribution in [0.2, 0.25) is 0 Å². The highest BCUT2D eigenvalue weighted by atomic mass is 32.2. The van der Waals surface area contributed by atoms with Gasteiger partial charge in [-0.1, -0.05) is 0 Å². The standard InChI is InChI=1S/C21H19N3O5S/c1-11-9-15-16(23-21(26)20(25)22-15)10-18(11)30(27,28)24-14-7-12(2)19(13(3)8-14)17-5-4-6-29-17/h4-10,24H,1-3H3,(H,22,25)(H,23,26). The van der Waals surface area contributed by atoms with Crippen LogP contribution >= 0.6 is 0 Å². The fraction of sp³-hybridized carbons (Fsp3) is 0.143. The first-order valence-corrected chi connectivity index (χ1v) is 10.6. The first-order valence-electron chi connectivity index (χ1n) is 9.10. The van der Waals surface area contributed by atoms with E-state index < -0.39 is 21.1 Å². The second-order valence-electron chi connectivity index (χ2n) is 7.14. The van der Waals surface area contributed by atoms with Gasteiger partial charge in [-0.15, -0.1) is 0 Å². The Bertz CT molecular complexity index is 1470. The number of aromatic nitrogens is 2. The van der Waals surface area contributed by atoms with Gasteiger partial charge in [0.05, 0.1) is 22.2 Å². The number of H-pyrrole nitrogens is 2. The van der Waals surface area contributed by atoms with Gasteiger partial charge in [-0.05, 0) is 73.9 Å². The third-order valence-corrected chi connectivity index (χ3v) is 6.38. The van der Waals surface area contributed by atoms with Crippen LogP contribution in [0.4, 0.5) is 5.69 Å². The summed E-state index contributed by atoms with van der Waals surface area (Å²) < 4.78 is 34.2. The zero-order valence-electron chi connectivity index (χ0n) is 16.5. The molecule has 0 saturated heterocycles. The molecule has 0 spiro atoms. The van der Waals surface area contributed by atoms with Crippen LogP contribution < -0.4 is 15.8 Å². The smallest absolute Gasteiger partial charge is 0.314 e. The van der Waals surface area contributed by atoms with Crippen LogP contribution in [0.3, 0.4) is 0 Å². The van der Waals surface area contributed by atoms with Gasteiger partial charge < -0.3 is 14.4 Å². The molecule has 3 N–H and O–H groups in total. The minimum atomic E-state index is -3.95. The van der Waals surface area contributed by atoms with Crippen molar-refractivity contribution in [3.05, 3.63) is 80.1 Å². The molecule has 9 heteroatoms. The first kappa shape index (κ1) is 19.7. The molecular formula is C21H19N3O5S. The lowest BCUT2D eigenvalue weighted by Gasteiger charge is -2.14. The van der Waals surface area contributed by atoms with Gasteiger partial charge in [0.25, 0.3) is 10.0 Å². The number of anilines is 1. The molecule has 0 bridgehead atoms. The molecule has 0 aliphatic heterocycles. The number of furan rings is 1. The number of aryl methyl sites for hydroxylation is 3. The Hall–Kier alpha value is -3.59. The van der Waals surface area contributed by atoms with Crippen LogP contribution in [-0.2, 0) is 10.0 Å². The van der Waals surface area contributed by atoms with Gasteiger partial charge in [-0.3, -0.25) is 14.3 Å². The Morgan fingerprint density at radius 1 is 0.867 bits per heavy atom. The maximum Gasteiger partial charge on any atom is 0.314 e. The highest BCUT2D eigenvalue weighted by Crippen LogP contribution is 2.31. The van der Waals surface area contributed by atoms with E-state index in [1.807, 2.05) is 19.9 Å². The van der Waals surface area contributed by atoms with E-state index in [2.05, 4.69) is 14.7 Å². The van der Waals surface area contributed by atoms with Crippen LogP contribution in [0.25, 0.3) is 22.4 Å². The van der Waals surface area contributed by atoms with Crippen molar-refractivity contribution in [1.82, 2.24) is 9.97 Å². The van der Waals surface area contributed by atoms with Crippen molar-refractivity contribution < 1.29 is 12.8 Å². The molecule has 8 nitrogen and oxygen atoms in total. The normalized spacial score (nSPS) is 11.7. The Balaban J connectivity index is 1.76. The summed E-state index contributed by atoms with van der Waals surface area (Å²) in [5, 5.41) is 0. The molecule has 0 aliphatic rings. The van der Waals surface area contributed by atoms with E-state index in [1.165, 1.54) is 12.1 Å². The zero-order valence-corrected chi connectivity index (χ0v) is 17.3. The number of rotatable bonds is 4. The monoisotopic (exact) mass is 425 g/mol. The highest BCUT2D eigenvalue weighted by Gasteiger charge is 2.20. The van der Waals surface area contributed by atoms with Crippen molar-refractivity contribution >= 4 is 26.7 Å². The SMILES string of the molecule is Cc1cc2[nH]c(=O)c(=O)[nH]c2cc1S(=O)(=O)Nc1cc(C)c(-c2ccco2)c(C)c1. The number of hydrogen-bond donors (Lipinski definition) is 3. The Morgan fingerprint density at radius 3 is 2.03 bits per heavy atom. The molecule has 0 atom stereocenters.